The van der Waals surface area contributed by atoms with Gasteiger partial charge in [-0.25, -0.2) is 0 Å². The van der Waals surface area contributed by atoms with Gasteiger partial charge in [-0.1, -0.05) is 44.1 Å². The normalized spacial score (nSPS) is 20.3. The summed E-state index contributed by atoms with van der Waals surface area (Å²) in [4.78, 5) is 10.8. The molecule has 0 N–H and O–H groups in total. The maximum absolute atomic E-state index is 10.8. The molecule has 0 aliphatic heterocycles. The smallest absolute Gasteiger partial charge is 0.117 e. The summed E-state index contributed by atoms with van der Waals surface area (Å²) < 4.78 is 0. The Morgan fingerprint density at radius 2 is 2.06 bits per heavy atom. The van der Waals surface area contributed by atoms with E-state index in [4.69, 9.17) is 0 Å². The Morgan fingerprint density at radius 1 is 1.31 bits per heavy atom. The number of benzene rings is 1. The maximum Gasteiger partial charge on any atom is 0.117 e. The highest BCUT2D eigenvalue weighted by Gasteiger charge is 2.23. The van der Waals surface area contributed by atoms with Gasteiger partial charge in [0.2, 0.25) is 0 Å². The lowest BCUT2D eigenvalue weighted by molar-refractivity contribution is 0.556. The van der Waals surface area contributed by atoms with Crippen LogP contribution in [0, 0.1) is 4.91 Å². The molecule has 2 nitrogen and oxygen atoms in total. The van der Waals surface area contributed by atoms with Crippen LogP contribution in [0.3, 0.4) is 0 Å². The van der Waals surface area contributed by atoms with Crippen LogP contribution in [0.15, 0.2) is 23.4 Å². The van der Waals surface area contributed by atoms with Crippen LogP contribution >= 0.6 is 0 Å². The molecule has 1 aliphatic rings. The average molecular weight is 217 g/mol. The first-order valence-electron chi connectivity index (χ1n) is 5.98. The SMILES string of the molecule is CC(C)(C)c1ccc2c(c1)C(N=O)CCC2. The van der Waals surface area contributed by atoms with Gasteiger partial charge in [-0.05, 0) is 41.4 Å². The van der Waals surface area contributed by atoms with Gasteiger partial charge < -0.3 is 0 Å². The molecule has 1 aromatic carbocycles. The molecule has 0 amide bonds. The molecule has 0 spiro atoms. The maximum atomic E-state index is 10.8. The van der Waals surface area contributed by atoms with Gasteiger partial charge >= 0.3 is 0 Å². The Labute approximate surface area is 97.0 Å². The van der Waals surface area contributed by atoms with Crippen LogP contribution in [-0.4, -0.2) is 0 Å². The summed E-state index contributed by atoms with van der Waals surface area (Å²) >= 11 is 0. The Hall–Kier alpha value is -1.18. The first kappa shape index (κ1) is 11.3. The third-order valence-corrected chi connectivity index (χ3v) is 3.42. The van der Waals surface area contributed by atoms with Crippen LogP contribution < -0.4 is 0 Å². The topological polar surface area (TPSA) is 29.4 Å². The summed E-state index contributed by atoms with van der Waals surface area (Å²) in [5, 5.41) is 3.26. The second-order valence-corrected chi connectivity index (χ2v) is 5.68. The fourth-order valence-corrected chi connectivity index (χ4v) is 2.35. The monoisotopic (exact) mass is 217 g/mol. The molecule has 0 radical (unpaired) electrons. The first-order valence-corrected chi connectivity index (χ1v) is 5.98. The molecule has 2 heteroatoms. The van der Waals surface area contributed by atoms with Crippen molar-refractivity contribution in [2.45, 2.75) is 51.5 Å². The van der Waals surface area contributed by atoms with Crippen molar-refractivity contribution in [2.24, 2.45) is 5.18 Å². The number of nitrogens with zero attached hydrogens (tertiary/aromatic N) is 1. The standard InChI is InChI=1S/C14H19NO/c1-14(2,3)11-8-7-10-5-4-6-13(15-16)12(10)9-11/h7-9,13H,4-6H2,1-3H3. The highest BCUT2D eigenvalue weighted by Crippen LogP contribution is 2.35. The number of rotatable bonds is 1. The molecule has 0 fully saturated rings. The lowest BCUT2D eigenvalue weighted by Crippen LogP contribution is -2.14. The molecule has 0 heterocycles. The molecular weight excluding hydrogens is 198 g/mol. The fourth-order valence-electron chi connectivity index (χ4n) is 2.35. The van der Waals surface area contributed by atoms with Gasteiger partial charge in [-0.3, -0.25) is 0 Å². The first-order chi connectivity index (χ1) is 7.52. The van der Waals surface area contributed by atoms with Crippen LogP contribution in [0.25, 0.3) is 0 Å². The van der Waals surface area contributed by atoms with Crippen molar-refractivity contribution >= 4 is 0 Å². The highest BCUT2D eigenvalue weighted by atomic mass is 16.3. The fraction of sp³-hybridized carbons (Fsp3) is 0.571. The van der Waals surface area contributed by atoms with E-state index in [-0.39, 0.29) is 11.5 Å². The van der Waals surface area contributed by atoms with Crippen molar-refractivity contribution in [3.05, 3.63) is 39.8 Å². The molecule has 1 aliphatic carbocycles. The predicted octanol–water partition coefficient (Wildman–Crippen LogP) is 4.13. The summed E-state index contributed by atoms with van der Waals surface area (Å²) in [6.07, 6.45) is 3.08. The molecule has 2 rings (SSSR count). The van der Waals surface area contributed by atoms with Crippen LogP contribution in [0.5, 0.6) is 0 Å². The van der Waals surface area contributed by atoms with Crippen molar-refractivity contribution in [1.29, 1.82) is 0 Å². The van der Waals surface area contributed by atoms with Crippen molar-refractivity contribution in [3.8, 4) is 0 Å². The summed E-state index contributed by atoms with van der Waals surface area (Å²) in [6, 6.07) is 6.42. The minimum absolute atomic E-state index is 0.119. The molecule has 0 bridgehead atoms. The molecular formula is C14H19NO. The number of hydrogen-bond acceptors (Lipinski definition) is 2. The minimum atomic E-state index is -0.119. The van der Waals surface area contributed by atoms with E-state index in [0.29, 0.717) is 0 Å². The lowest BCUT2D eigenvalue weighted by Gasteiger charge is -2.25. The van der Waals surface area contributed by atoms with Crippen LogP contribution in [0.4, 0.5) is 0 Å². The van der Waals surface area contributed by atoms with E-state index < -0.39 is 0 Å². The predicted molar refractivity (Wildman–Crippen MR) is 66.6 cm³/mol. The molecule has 86 valence electrons. The van der Waals surface area contributed by atoms with Crippen molar-refractivity contribution in [3.63, 3.8) is 0 Å². The Kier molecular flexibility index (Phi) is 2.83. The van der Waals surface area contributed by atoms with Gasteiger partial charge in [-0.15, -0.1) is 0 Å². The Bertz CT molecular complexity index is 404. The quantitative estimate of drug-likeness (QED) is 0.650. The Balaban J connectivity index is 2.46. The van der Waals surface area contributed by atoms with Crippen molar-refractivity contribution in [1.82, 2.24) is 0 Å². The van der Waals surface area contributed by atoms with Crippen molar-refractivity contribution < 1.29 is 0 Å². The summed E-state index contributed by atoms with van der Waals surface area (Å²) in [5.41, 5.74) is 3.90. The van der Waals surface area contributed by atoms with Gasteiger partial charge in [-0.2, -0.15) is 4.91 Å². The third-order valence-electron chi connectivity index (χ3n) is 3.42. The molecule has 0 aromatic heterocycles. The van der Waals surface area contributed by atoms with Gasteiger partial charge in [0, 0.05) is 0 Å². The number of fused-ring (bicyclic) bond motifs is 1. The van der Waals surface area contributed by atoms with Gasteiger partial charge in [0.1, 0.15) is 6.04 Å². The molecule has 0 saturated carbocycles. The zero-order chi connectivity index (χ0) is 11.8. The van der Waals surface area contributed by atoms with Crippen LogP contribution in [0.1, 0.15) is 56.3 Å². The molecule has 1 atom stereocenters. The zero-order valence-corrected chi connectivity index (χ0v) is 10.3. The number of nitroso groups, excluding NO2 is 1. The van der Waals surface area contributed by atoms with Gasteiger partial charge in [0.05, 0.1) is 0 Å². The summed E-state index contributed by atoms with van der Waals surface area (Å²) in [6.45, 7) is 6.59. The second-order valence-electron chi connectivity index (χ2n) is 5.68. The number of hydrogen-bond donors (Lipinski definition) is 0. The van der Waals surface area contributed by atoms with Gasteiger partial charge in [0.25, 0.3) is 0 Å². The molecule has 16 heavy (non-hydrogen) atoms. The largest absolute Gasteiger partial charge is 0.150 e. The van der Waals surface area contributed by atoms with E-state index >= 15 is 0 Å². The highest BCUT2D eigenvalue weighted by molar-refractivity contribution is 5.38. The van der Waals surface area contributed by atoms with Crippen molar-refractivity contribution in [2.75, 3.05) is 0 Å². The molecule has 1 aromatic rings. The van der Waals surface area contributed by atoms with E-state index in [0.717, 1.165) is 24.8 Å². The number of aryl methyl sites for hydroxylation is 1. The van der Waals surface area contributed by atoms with E-state index in [1.165, 1.54) is 11.1 Å². The second kappa shape index (κ2) is 4.00. The summed E-state index contributed by atoms with van der Waals surface area (Å²) in [5.74, 6) is 0. The zero-order valence-electron chi connectivity index (χ0n) is 10.3. The molecule has 0 saturated heterocycles. The Morgan fingerprint density at radius 3 is 2.69 bits per heavy atom. The van der Waals surface area contributed by atoms with Crippen LogP contribution in [0.2, 0.25) is 0 Å². The van der Waals surface area contributed by atoms with E-state index in [9.17, 15) is 4.91 Å². The van der Waals surface area contributed by atoms with Crippen LogP contribution in [-0.2, 0) is 11.8 Å². The van der Waals surface area contributed by atoms with E-state index in [1.54, 1.807) is 0 Å². The minimum Gasteiger partial charge on any atom is -0.150 e. The summed E-state index contributed by atoms with van der Waals surface area (Å²) in [7, 11) is 0. The van der Waals surface area contributed by atoms with Gasteiger partial charge in [0.15, 0.2) is 0 Å². The lowest BCUT2D eigenvalue weighted by atomic mass is 9.81. The van der Waals surface area contributed by atoms with E-state index in [2.05, 4.69) is 44.1 Å². The third kappa shape index (κ3) is 2.01. The average Bonchev–Trinajstić information content (AvgIpc) is 2.26. The van der Waals surface area contributed by atoms with E-state index in [1.807, 2.05) is 0 Å². The molecule has 1 unspecified atom stereocenters.